The van der Waals surface area contributed by atoms with Gasteiger partial charge in [0.25, 0.3) is 0 Å². The molecule has 5 nitrogen and oxygen atoms in total. The predicted molar refractivity (Wildman–Crippen MR) is 81.6 cm³/mol. The lowest BCUT2D eigenvalue weighted by Gasteiger charge is -2.09. The number of benzene rings is 1. The first-order valence-corrected chi connectivity index (χ1v) is 8.50. The summed E-state index contributed by atoms with van der Waals surface area (Å²) in [5.41, 5.74) is 0.320. The van der Waals surface area contributed by atoms with Crippen LogP contribution in [0, 0.1) is 17.2 Å². The normalized spacial score (nSPS) is 11.6. The highest BCUT2D eigenvalue weighted by Crippen LogP contribution is 2.22. The standard InChI is InChI=1S/C14H19ClN2O3S/c1-11(2)10-20-7-3-6-17-21(18,19)14-5-4-12(9-16)8-13(14)15/h4-5,8,11,17H,3,6-7,10H2,1-2H3. The maximum Gasteiger partial charge on any atom is 0.242 e. The van der Waals surface area contributed by atoms with Crippen LogP contribution in [0.4, 0.5) is 0 Å². The molecule has 0 unspecified atom stereocenters. The zero-order chi connectivity index (χ0) is 15.9. The van der Waals surface area contributed by atoms with Crippen LogP contribution < -0.4 is 4.72 Å². The molecule has 0 amide bonds. The van der Waals surface area contributed by atoms with Crippen LogP contribution in [0.3, 0.4) is 0 Å². The van der Waals surface area contributed by atoms with Crippen LogP contribution in [-0.4, -0.2) is 28.2 Å². The fourth-order valence-corrected chi connectivity index (χ4v) is 3.18. The van der Waals surface area contributed by atoms with Gasteiger partial charge in [-0.2, -0.15) is 5.26 Å². The van der Waals surface area contributed by atoms with E-state index in [0.29, 0.717) is 31.1 Å². The van der Waals surface area contributed by atoms with E-state index in [4.69, 9.17) is 21.6 Å². The summed E-state index contributed by atoms with van der Waals surface area (Å²) in [6.07, 6.45) is 0.583. The summed E-state index contributed by atoms with van der Waals surface area (Å²) in [4.78, 5) is -0.0220. The summed E-state index contributed by atoms with van der Waals surface area (Å²) in [5.74, 6) is 0.458. The molecule has 0 radical (unpaired) electrons. The van der Waals surface area contributed by atoms with Gasteiger partial charge in [0.05, 0.1) is 16.7 Å². The summed E-state index contributed by atoms with van der Waals surface area (Å²) >= 11 is 5.90. The second kappa shape index (κ2) is 8.35. The van der Waals surface area contributed by atoms with Gasteiger partial charge in [-0.25, -0.2) is 13.1 Å². The van der Waals surface area contributed by atoms with Crippen LogP contribution >= 0.6 is 11.6 Å². The van der Waals surface area contributed by atoms with Gasteiger partial charge in [-0.3, -0.25) is 0 Å². The molecule has 1 aromatic carbocycles. The Balaban J connectivity index is 2.53. The molecule has 0 aliphatic heterocycles. The Morgan fingerprint density at radius 1 is 1.43 bits per heavy atom. The SMILES string of the molecule is CC(C)COCCCNS(=O)(=O)c1ccc(C#N)cc1Cl. The molecule has 0 aliphatic carbocycles. The molecule has 0 aliphatic rings. The van der Waals surface area contributed by atoms with Crippen LogP contribution in [0.2, 0.25) is 5.02 Å². The van der Waals surface area contributed by atoms with Crippen LogP contribution in [0.25, 0.3) is 0 Å². The van der Waals surface area contributed by atoms with Crippen molar-refractivity contribution in [2.75, 3.05) is 19.8 Å². The van der Waals surface area contributed by atoms with Crippen molar-refractivity contribution in [1.82, 2.24) is 4.72 Å². The van der Waals surface area contributed by atoms with E-state index in [9.17, 15) is 8.42 Å². The molecule has 7 heteroatoms. The van der Waals surface area contributed by atoms with Gasteiger partial charge in [0, 0.05) is 19.8 Å². The summed E-state index contributed by atoms with van der Waals surface area (Å²) in [5, 5.41) is 8.77. The molecule has 0 bridgehead atoms. The lowest BCUT2D eigenvalue weighted by Crippen LogP contribution is -2.26. The minimum atomic E-state index is -3.67. The third-order valence-electron chi connectivity index (χ3n) is 2.56. The molecule has 1 N–H and O–H groups in total. The van der Waals surface area contributed by atoms with E-state index in [1.54, 1.807) is 0 Å². The number of rotatable bonds is 8. The van der Waals surface area contributed by atoms with E-state index < -0.39 is 10.0 Å². The highest BCUT2D eigenvalue weighted by molar-refractivity contribution is 7.89. The Kier molecular flexibility index (Phi) is 7.12. The molecule has 1 aromatic rings. The maximum atomic E-state index is 12.1. The molecule has 0 aromatic heterocycles. The number of nitrogens with zero attached hydrogens (tertiary/aromatic N) is 1. The first-order valence-electron chi connectivity index (χ1n) is 6.64. The van der Waals surface area contributed by atoms with Crippen LogP contribution in [-0.2, 0) is 14.8 Å². The molecule has 1 rings (SSSR count). The molecular weight excluding hydrogens is 312 g/mol. The first kappa shape index (κ1) is 17.9. The molecule has 0 saturated heterocycles. The second-order valence-electron chi connectivity index (χ2n) is 4.98. The Morgan fingerprint density at radius 2 is 2.14 bits per heavy atom. The second-order valence-corrected chi connectivity index (χ2v) is 7.12. The average molecular weight is 331 g/mol. The van der Waals surface area contributed by atoms with E-state index in [1.165, 1.54) is 18.2 Å². The van der Waals surface area contributed by atoms with Crippen LogP contribution in [0.1, 0.15) is 25.8 Å². The number of hydrogen-bond acceptors (Lipinski definition) is 4. The van der Waals surface area contributed by atoms with Crippen molar-refractivity contribution in [2.45, 2.75) is 25.2 Å². The van der Waals surface area contributed by atoms with Crippen LogP contribution in [0.5, 0.6) is 0 Å². The van der Waals surface area contributed by atoms with Gasteiger partial charge in [0.2, 0.25) is 10.0 Å². The Bertz CT molecular complexity index is 609. The third-order valence-corrected chi connectivity index (χ3v) is 4.50. The van der Waals surface area contributed by atoms with Gasteiger partial charge in [0.15, 0.2) is 0 Å². The third kappa shape index (κ3) is 6.02. The largest absolute Gasteiger partial charge is 0.381 e. The molecule has 21 heavy (non-hydrogen) atoms. The molecule has 0 fully saturated rings. The first-order chi connectivity index (χ1) is 9.86. The predicted octanol–water partition coefficient (Wildman–Crippen LogP) is 2.55. The Hall–Kier alpha value is -1.13. The van der Waals surface area contributed by atoms with E-state index in [-0.39, 0.29) is 16.5 Å². The number of hydrogen-bond donors (Lipinski definition) is 1. The fraction of sp³-hybridized carbons (Fsp3) is 0.500. The number of nitrogens with one attached hydrogen (secondary N) is 1. The summed E-state index contributed by atoms with van der Waals surface area (Å²) in [7, 11) is -3.67. The van der Waals surface area contributed by atoms with E-state index >= 15 is 0 Å². The summed E-state index contributed by atoms with van der Waals surface area (Å²) in [6.45, 7) is 5.54. The lowest BCUT2D eigenvalue weighted by molar-refractivity contribution is 0.108. The highest BCUT2D eigenvalue weighted by atomic mass is 35.5. The topological polar surface area (TPSA) is 79.2 Å². The van der Waals surface area contributed by atoms with Gasteiger partial charge >= 0.3 is 0 Å². The van der Waals surface area contributed by atoms with Crippen molar-refractivity contribution in [3.63, 3.8) is 0 Å². The molecule has 0 saturated carbocycles. The van der Waals surface area contributed by atoms with Gasteiger partial charge in [-0.15, -0.1) is 0 Å². The molecule has 0 spiro atoms. The number of ether oxygens (including phenoxy) is 1. The zero-order valence-electron chi connectivity index (χ0n) is 12.1. The zero-order valence-corrected chi connectivity index (χ0v) is 13.7. The smallest absolute Gasteiger partial charge is 0.242 e. The summed E-state index contributed by atoms with van der Waals surface area (Å²) < 4.78 is 32.0. The fourth-order valence-electron chi connectivity index (χ4n) is 1.57. The molecular formula is C14H19ClN2O3S. The monoisotopic (exact) mass is 330 g/mol. The van der Waals surface area contributed by atoms with Crippen molar-refractivity contribution in [3.8, 4) is 6.07 Å². The molecule has 0 heterocycles. The van der Waals surface area contributed by atoms with Crippen molar-refractivity contribution in [2.24, 2.45) is 5.92 Å². The summed E-state index contributed by atoms with van der Waals surface area (Å²) in [6, 6.07) is 6.00. The minimum absolute atomic E-state index is 0.0220. The van der Waals surface area contributed by atoms with Gasteiger partial charge in [0.1, 0.15) is 4.90 Å². The molecule has 0 atom stereocenters. The number of halogens is 1. The Morgan fingerprint density at radius 3 is 2.71 bits per heavy atom. The maximum absolute atomic E-state index is 12.1. The van der Waals surface area contributed by atoms with E-state index in [2.05, 4.69) is 18.6 Å². The Labute approximate surface area is 130 Å². The van der Waals surface area contributed by atoms with Gasteiger partial charge in [-0.1, -0.05) is 25.4 Å². The van der Waals surface area contributed by atoms with E-state index in [0.717, 1.165) is 0 Å². The number of sulfonamides is 1. The van der Waals surface area contributed by atoms with Gasteiger partial charge in [-0.05, 0) is 30.5 Å². The van der Waals surface area contributed by atoms with E-state index in [1.807, 2.05) is 6.07 Å². The average Bonchev–Trinajstić information content (AvgIpc) is 2.41. The van der Waals surface area contributed by atoms with Crippen molar-refractivity contribution in [1.29, 1.82) is 5.26 Å². The number of nitriles is 1. The molecule has 116 valence electrons. The van der Waals surface area contributed by atoms with Gasteiger partial charge < -0.3 is 4.74 Å². The minimum Gasteiger partial charge on any atom is -0.381 e. The van der Waals surface area contributed by atoms with Crippen molar-refractivity contribution in [3.05, 3.63) is 28.8 Å². The van der Waals surface area contributed by atoms with Crippen LogP contribution in [0.15, 0.2) is 23.1 Å². The quantitative estimate of drug-likeness (QED) is 0.743. The van der Waals surface area contributed by atoms with Crippen molar-refractivity contribution < 1.29 is 13.2 Å². The van der Waals surface area contributed by atoms with Crippen molar-refractivity contribution >= 4 is 21.6 Å². The highest BCUT2D eigenvalue weighted by Gasteiger charge is 2.17. The lowest BCUT2D eigenvalue weighted by atomic mass is 10.2.